The van der Waals surface area contributed by atoms with Crippen molar-refractivity contribution < 1.29 is 13.2 Å². The van der Waals surface area contributed by atoms with Crippen molar-refractivity contribution in [3.63, 3.8) is 0 Å². The second-order valence-corrected chi connectivity index (χ2v) is 6.36. The standard InChI is InChI=1S/C9H16N2O3S/c10-9(12)8-2-1-5-11(8)15(13,14)6-7-3-4-7/h7-8H,1-6H2,(H2,10,12)/t8-/m0/s1. The van der Waals surface area contributed by atoms with Gasteiger partial charge in [-0.1, -0.05) is 0 Å². The van der Waals surface area contributed by atoms with E-state index in [0.717, 1.165) is 19.3 Å². The van der Waals surface area contributed by atoms with Gasteiger partial charge in [0.05, 0.1) is 5.75 Å². The highest BCUT2D eigenvalue weighted by molar-refractivity contribution is 7.89. The number of rotatable bonds is 4. The normalized spacial score (nSPS) is 28.1. The molecule has 15 heavy (non-hydrogen) atoms. The molecule has 2 N–H and O–H groups in total. The van der Waals surface area contributed by atoms with E-state index < -0.39 is 22.0 Å². The third-order valence-electron chi connectivity index (χ3n) is 3.03. The molecule has 2 fully saturated rings. The van der Waals surface area contributed by atoms with Crippen molar-refractivity contribution in [3.8, 4) is 0 Å². The smallest absolute Gasteiger partial charge is 0.235 e. The first-order valence-electron chi connectivity index (χ1n) is 5.29. The molecule has 5 nitrogen and oxygen atoms in total. The molecule has 1 saturated carbocycles. The number of nitrogens with two attached hydrogens (primary N) is 1. The van der Waals surface area contributed by atoms with Crippen LogP contribution in [0.2, 0.25) is 0 Å². The Balaban J connectivity index is 2.10. The molecule has 1 aliphatic heterocycles. The number of hydrogen-bond acceptors (Lipinski definition) is 3. The predicted molar refractivity (Wildman–Crippen MR) is 55.4 cm³/mol. The molecule has 0 radical (unpaired) electrons. The molecule has 1 amide bonds. The lowest BCUT2D eigenvalue weighted by Crippen LogP contribution is -2.44. The molecule has 6 heteroatoms. The quantitative estimate of drug-likeness (QED) is 0.721. The summed E-state index contributed by atoms with van der Waals surface area (Å²) in [6.45, 7) is 0.447. The van der Waals surface area contributed by atoms with Gasteiger partial charge in [0.25, 0.3) is 0 Å². The lowest BCUT2D eigenvalue weighted by Gasteiger charge is -2.21. The second kappa shape index (κ2) is 3.75. The molecule has 1 atom stereocenters. The minimum atomic E-state index is -3.26. The fraction of sp³-hybridized carbons (Fsp3) is 0.889. The zero-order valence-corrected chi connectivity index (χ0v) is 9.37. The molecule has 1 aliphatic carbocycles. The minimum Gasteiger partial charge on any atom is -0.368 e. The Bertz CT molecular complexity index is 362. The number of nitrogens with zero attached hydrogens (tertiary/aromatic N) is 1. The van der Waals surface area contributed by atoms with Gasteiger partial charge in [0.1, 0.15) is 6.04 Å². The van der Waals surface area contributed by atoms with Gasteiger partial charge < -0.3 is 5.73 Å². The summed E-state index contributed by atoms with van der Waals surface area (Å²) in [4.78, 5) is 11.1. The highest BCUT2D eigenvalue weighted by atomic mass is 32.2. The lowest BCUT2D eigenvalue weighted by molar-refractivity contribution is -0.121. The molecular weight excluding hydrogens is 216 g/mol. The van der Waals surface area contributed by atoms with Crippen molar-refractivity contribution in [1.29, 1.82) is 0 Å². The second-order valence-electron chi connectivity index (χ2n) is 4.39. The average molecular weight is 232 g/mol. The van der Waals surface area contributed by atoms with Crippen LogP contribution in [0.5, 0.6) is 0 Å². The van der Waals surface area contributed by atoms with E-state index in [1.54, 1.807) is 0 Å². The van der Waals surface area contributed by atoms with Crippen LogP contribution in [-0.4, -0.2) is 37.0 Å². The van der Waals surface area contributed by atoms with Gasteiger partial charge in [-0.2, -0.15) is 4.31 Å². The largest absolute Gasteiger partial charge is 0.368 e. The third kappa shape index (κ3) is 2.31. The fourth-order valence-electron chi connectivity index (χ4n) is 2.04. The van der Waals surface area contributed by atoms with Crippen LogP contribution in [0, 0.1) is 5.92 Å². The molecule has 0 spiro atoms. The fourth-order valence-corrected chi connectivity index (χ4v) is 4.16. The van der Waals surface area contributed by atoms with E-state index in [4.69, 9.17) is 5.73 Å². The third-order valence-corrected chi connectivity index (χ3v) is 5.08. The predicted octanol–water partition coefficient (Wildman–Crippen LogP) is -0.324. The van der Waals surface area contributed by atoms with E-state index >= 15 is 0 Å². The van der Waals surface area contributed by atoms with Crippen molar-refractivity contribution in [1.82, 2.24) is 4.31 Å². The molecule has 86 valence electrons. The molecule has 2 rings (SSSR count). The summed E-state index contributed by atoms with van der Waals surface area (Å²) in [6.07, 6.45) is 3.29. The van der Waals surface area contributed by atoms with Crippen molar-refractivity contribution >= 4 is 15.9 Å². The van der Waals surface area contributed by atoms with Gasteiger partial charge in [-0.05, 0) is 31.6 Å². The van der Waals surface area contributed by atoms with E-state index in [0.29, 0.717) is 18.9 Å². The molecule has 1 saturated heterocycles. The molecule has 0 bridgehead atoms. The van der Waals surface area contributed by atoms with E-state index in [2.05, 4.69) is 0 Å². The number of amides is 1. The van der Waals surface area contributed by atoms with Crippen molar-refractivity contribution in [2.75, 3.05) is 12.3 Å². The van der Waals surface area contributed by atoms with Crippen molar-refractivity contribution in [2.24, 2.45) is 11.7 Å². The van der Waals surface area contributed by atoms with E-state index in [9.17, 15) is 13.2 Å². The van der Waals surface area contributed by atoms with Crippen LogP contribution < -0.4 is 5.73 Å². The van der Waals surface area contributed by atoms with Gasteiger partial charge in [-0.3, -0.25) is 4.79 Å². The van der Waals surface area contributed by atoms with Crippen LogP contribution in [0.1, 0.15) is 25.7 Å². The summed E-state index contributed by atoms with van der Waals surface area (Å²) in [5.74, 6) is -0.0208. The van der Waals surface area contributed by atoms with Gasteiger partial charge in [0, 0.05) is 6.54 Å². The molecule has 0 aromatic heterocycles. The van der Waals surface area contributed by atoms with E-state index in [1.807, 2.05) is 0 Å². The zero-order valence-electron chi connectivity index (χ0n) is 8.55. The van der Waals surface area contributed by atoms with Crippen LogP contribution in [0.15, 0.2) is 0 Å². The van der Waals surface area contributed by atoms with E-state index in [1.165, 1.54) is 4.31 Å². The number of sulfonamides is 1. The zero-order chi connectivity index (χ0) is 11.1. The maximum Gasteiger partial charge on any atom is 0.235 e. The summed E-state index contributed by atoms with van der Waals surface area (Å²) in [6, 6.07) is -0.603. The van der Waals surface area contributed by atoms with Gasteiger partial charge in [0.15, 0.2) is 0 Å². The van der Waals surface area contributed by atoms with Gasteiger partial charge in [-0.25, -0.2) is 8.42 Å². The Labute approximate surface area is 89.7 Å². The molecular formula is C9H16N2O3S. The number of hydrogen-bond donors (Lipinski definition) is 1. The summed E-state index contributed by atoms with van der Waals surface area (Å²) in [5.41, 5.74) is 5.19. The summed E-state index contributed by atoms with van der Waals surface area (Å²) < 4.78 is 25.1. The first-order chi connectivity index (χ1) is 7.00. The first kappa shape index (κ1) is 10.9. The Morgan fingerprint density at radius 3 is 2.53 bits per heavy atom. The van der Waals surface area contributed by atoms with Crippen LogP contribution >= 0.6 is 0 Å². The Hall–Kier alpha value is -0.620. The maximum absolute atomic E-state index is 11.9. The first-order valence-corrected chi connectivity index (χ1v) is 6.90. The lowest BCUT2D eigenvalue weighted by atomic mass is 10.2. The minimum absolute atomic E-state index is 0.191. The van der Waals surface area contributed by atoms with Crippen molar-refractivity contribution in [3.05, 3.63) is 0 Å². The maximum atomic E-state index is 11.9. The number of primary amides is 1. The monoisotopic (exact) mass is 232 g/mol. The Kier molecular flexibility index (Phi) is 2.72. The van der Waals surface area contributed by atoms with Crippen LogP contribution in [0.25, 0.3) is 0 Å². The van der Waals surface area contributed by atoms with Crippen LogP contribution in [0.4, 0.5) is 0 Å². The molecule has 2 aliphatic rings. The molecule has 0 unspecified atom stereocenters. The van der Waals surface area contributed by atoms with Crippen LogP contribution in [-0.2, 0) is 14.8 Å². The molecule has 0 aromatic carbocycles. The summed E-state index contributed by atoms with van der Waals surface area (Å²) >= 11 is 0. The van der Waals surface area contributed by atoms with Crippen molar-refractivity contribution in [2.45, 2.75) is 31.7 Å². The van der Waals surface area contributed by atoms with Crippen LogP contribution in [0.3, 0.4) is 0 Å². The summed E-state index contributed by atoms with van der Waals surface area (Å²) in [7, 11) is -3.26. The number of carbonyl (C=O) groups is 1. The summed E-state index contributed by atoms with van der Waals surface area (Å²) in [5, 5.41) is 0. The van der Waals surface area contributed by atoms with Gasteiger partial charge >= 0.3 is 0 Å². The Morgan fingerprint density at radius 2 is 2.00 bits per heavy atom. The SMILES string of the molecule is NC(=O)[C@@H]1CCCN1S(=O)(=O)CC1CC1. The molecule has 1 heterocycles. The van der Waals surface area contributed by atoms with E-state index in [-0.39, 0.29) is 5.75 Å². The number of carbonyl (C=O) groups excluding carboxylic acids is 1. The average Bonchev–Trinajstić information content (AvgIpc) is 2.80. The highest BCUT2D eigenvalue weighted by Crippen LogP contribution is 2.32. The highest BCUT2D eigenvalue weighted by Gasteiger charge is 2.40. The van der Waals surface area contributed by atoms with Gasteiger partial charge in [-0.15, -0.1) is 0 Å². The van der Waals surface area contributed by atoms with Gasteiger partial charge in [0.2, 0.25) is 15.9 Å². The topological polar surface area (TPSA) is 80.5 Å². The Morgan fingerprint density at radius 1 is 1.33 bits per heavy atom. The molecule has 0 aromatic rings.